The molecule has 0 amide bonds. The van der Waals surface area contributed by atoms with Crippen molar-refractivity contribution in [1.82, 2.24) is 0 Å². The molecule has 0 aliphatic heterocycles. The van der Waals surface area contributed by atoms with Gasteiger partial charge in [-0.15, -0.1) is 0 Å². The zero-order valence-corrected chi connectivity index (χ0v) is 7.43. The van der Waals surface area contributed by atoms with Gasteiger partial charge in [-0.3, -0.25) is 0 Å². The van der Waals surface area contributed by atoms with Gasteiger partial charge in [0.05, 0.1) is 0 Å². The molecule has 0 aromatic rings. The Kier molecular flexibility index (Phi) is 15.8. The van der Waals surface area contributed by atoms with E-state index in [2.05, 4.69) is 0 Å². The van der Waals surface area contributed by atoms with Gasteiger partial charge in [-0.2, -0.15) is 0 Å². The van der Waals surface area contributed by atoms with Crippen LogP contribution in [0.25, 0.3) is 0 Å². The minimum atomic E-state index is 0. The molecule has 0 aliphatic rings. The van der Waals surface area contributed by atoms with E-state index in [1.165, 1.54) is 0 Å². The number of hydrogen-bond donors (Lipinski definition) is 2. The third-order valence-electron chi connectivity index (χ3n) is 0.816. The van der Waals surface area contributed by atoms with Crippen LogP contribution in [0.4, 0.5) is 0 Å². The van der Waals surface area contributed by atoms with Crippen LogP contribution in [0.3, 0.4) is 0 Å². The standard InChI is InChI=1S/C5H12O2.Na/c6-4-2-1-3-5-7;/h6-7H,1-5H2;. The van der Waals surface area contributed by atoms with Crippen LogP contribution in [0.5, 0.6) is 0 Å². The Labute approximate surface area is 72.2 Å². The average molecular weight is 127 g/mol. The molecule has 0 unspecified atom stereocenters. The molecule has 3 heteroatoms. The number of aliphatic hydroxyl groups is 2. The molecule has 2 nitrogen and oxygen atoms in total. The monoisotopic (exact) mass is 127 g/mol. The topological polar surface area (TPSA) is 40.5 Å². The fourth-order valence-electron chi connectivity index (χ4n) is 0.400. The average Bonchev–Trinajstić information content (AvgIpc) is 1.69. The summed E-state index contributed by atoms with van der Waals surface area (Å²) in [6.45, 7) is 0.500. The first-order valence-electron chi connectivity index (χ1n) is 2.63. The van der Waals surface area contributed by atoms with Gasteiger partial charge in [0.25, 0.3) is 0 Å². The molecule has 0 spiro atoms. The van der Waals surface area contributed by atoms with Crippen molar-refractivity contribution in [2.45, 2.75) is 19.3 Å². The zero-order chi connectivity index (χ0) is 5.54. The van der Waals surface area contributed by atoms with Crippen LogP contribution in [0.1, 0.15) is 19.3 Å². The minimum Gasteiger partial charge on any atom is -0.396 e. The van der Waals surface area contributed by atoms with Gasteiger partial charge >= 0.3 is 0 Å². The first kappa shape index (κ1) is 11.7. The summed E-state index contributed by atoms with van der Waals surface area (Å²) in [5, 5.41) is 16.4. The normalized spacial score (nSPS) is 8.25. The van der Waals surface area contributed by atoms with Gasteiger partial charge in [0.2, 0.25) is 0 Å². The molecule has 0 aliphatic carbocycles. The smallest absolute Gasteiger partial charge is 0.0431 e. The number of rotatable bonds is 4. The fourth-order valence-corrected chi connectivity index (χ4v) is 0.400. The van der Waals surface area contributed by atoms with Gasteiger partial charge in [-0.1, -0.05) is 0 Å². The van der Waals surface area contributed by atoms with Crippen LogP contribution in [-0.2, 0) is 0 Å². The second kappa shape index (κ2) is 10.8. The van der Waals surface area contributed by atoms with Crippen molar-refractivity contribution in [3.63, 3.8) is 0 Å². The van der Waals surface area contributed by atoms with Gasteiger partial charge in [-0.25, -0.2) is 0 Å². The van der Waals surface area contributed by atoms with Gasteiger partial charge < -0.3 is 10.2 Å². The Hall–Kier alpha value is 0.920. The quantitative estimate of drug-likeness (QED) is 0.404. The summed E-state index contributed by atoms with van der Waals surface area (Å²) in [4.78, 5) is 0. The van der Waals surface area contributed by atoms with Crippen molar-refractivity contribution in [3.05, 3.63) is 0 Å². The van der Waals surface area contributed by atoms with E-state index in [-0.39, 0.29) is 42.8 Å². The van der Waals surface area contributed by atoms with E-state index in [0.29, 0.717) is 0 Å². The number of aliphatic hydroxyl groups excluding tert-OH is 2. The van der Waals surface area contributed by atoms with Crippen LogP contribution in [0.2, 0.25) is 0 Å². The molecule has 0 saturated heterocycles. The third kappa shape index (κ3) is 10.0. The van der Waals surface area contributed by atoms with Crippen molar-refractivity contribution in [1.29, 1.82) is 0 Å². The fraction of sp³-hybridized carbons (Fsp3) is 1.00. The number of unbranched alkanes of at least 4 members (excludes halogenated alkanes) is 2. The Bertz CT molecular complexity index is 29.6. The SMILES string of the molecule is OCCCCCO.[Na]. The molecule has 8 heavy (non-hydrogen) atoms. The largest absolute Gasteiger partial charge is 0.396 e. The van der Waals surface area contributed by atoms with Crippen LogP contribution in [0, 0.1) is 0 Å². The third-order valence-corrected chi connectivity index (χ3v) is 0.816. The first-order chi connectivity index (χ1) is 3.41. The summed E-state index contributed by atoms with van der Waals surface area (Å²) in [7, 11) is 0. The summed E-state index contributed by atoms with van der Waals surface area (Å²) in [5.74, 6) is 0. The van der Waals surface area contributed by atoms with Crippen LogP contribution >= 0.6 is 0 Å². The molecule has 0 atom stereocenters. The van der Waals surface area contributed by atoms with E-state index in [4.69, 9.17) is 10.2 Å². The molecule has 0 fully saturated rings. The zero-order valence-electron chi connectivity index (χ0n) is 5.43. The van der Waals surface area contributed by atoms with Crippen molar-refractivity contribution in [2.75, 3.05) is 13.2 Å². The summed E-state index contributed by atoms with van der Waals surface area (Å²) in [6, 6.07) is 0. The number of hydrogen-bond acceptors (Lipinski definition) is 2. The van der Waals surface area contributed by atoms with Crippen molar-refractivity contribution < 1.29 is 10.2 Å². The second-order valence-electron chi connectivity index (χ2n) is 1.51. The van der Waals surface area contributed by atoms with Crippen LogP contribution < -0.4 is 0 Å². The van der Waals surface area contributed by atoms with Crippen molar-refractivity contribution in [2.24, 2.45) is 0 Å². The van der Waals surface area contributed by atoms with Crippen molar-refractivity contribution in [3.8, 4) is 0 Å². The van der Waals surface area contributed by atoms with E-state index in [1.54, 1.807) is 0 Å². The van der Waals surface area contributed by atoms with Gasteiger partial charge in [0, 0.05) is 42.8 Å². The maximum atomic E-state index is 8.21. The predicted octanol–water partition coefficient (Wildman–Crippen LogP) is -0.239. The predicted molar refractivity (Wildman–Crippen MR) is 33.8 cm³/mol. The van der Waals surface area contributed by atoms with Crippen LogP contribution in [-0.4, -0.2) is 53.0 Å². The van der Waals surface area contributed by atoms with E-state index in [0.717, 1.165) is 19.3 Å². The summed E-state index contributed by atoms with van der Waals surface area (Å²) in [6.07, 6.45) is 2.58. The van der Waals surface area contributed by atoms with E-state index in [9.17, 15) is 0 Å². The van der Waals surface area contributed by atoms with Crippen LogP contribution in [0.15, 0.2) is 0 Å². The molecule has 0 heterocycles. The molecular formula is C5H12NaO2. The molecule has 1 radical (unpaired) electrons. The molecule has 0 bridgehead atoms. The van der Waals surface area contributed by atoms with Gasteiger partial charge in [0.15, 0.2) is 0 Å². The Morgan fingerprint density at radius 1 is 0.750 bits per heavy atom. The Morgan fingerprint density at radius 2 is 1.12 bits per heavy atom. The molecule has 0 aromatic carbocycles. The molecule has 0 aromatic heterocycles. The Morgan fingerprint density at radius 3 is 1.38 bits per heavy atom. The molecule has 45 valence electrons. The summed E-state index contributed by atoms with van der Waals surface area (Å²) >= 11 is 0. The minimum absolute atomic E-state index is 0. The van der Waals surface area contributed by atoms with E-state index >= 15 is 0 Å². The molecular weight excluding hydrogens is 115 g/mol. The van der Waals surface area contributed by atoms with E-state index in [1.807, 2.05) is 0 Å². The summed E-state index contributed by atoms with van der Waals surface area (Å²) in [5.41, 5.74) is 0. The van der Waals surface area contributed by atoms with E-state index < -0.39 is 0 Å². The molecule has 2 N–H and O–H groups in total. The maximum Gasteiger partial charge on any atom is 0.0431 e. The maximum absolute atomic E-state index is 8.21. The van der Waals surface area contributed by atoms with Gasteiger partial charge in [-0.05, 0) is 19.3 Å². The molecule has 0 saturated carbocycles. The van der Waals surface area contributed by atoms with Crippen molar-refractivity contribution >= 4 is 29.6 Å². The van der Waals surface area contributed by atoms with Gasteiger partial charge in [0.1, 0.15) is 0 Å². The first-order valence-corrected chi connectivity index (χ1v) is 2.63. The second-order valence-corrected chi connectivity index (χ2v) is 1.51. The molecule has 0 rings (SSSR count). The Balaban J connectivity index is 0. The summed E-state index contributed by atoms with van der Waals surface area (Å²) < 4.78 is 0.